The molecule has 1 aliphatic heterocycles. The van der Waals surface area contributed by atoms with Crippen LogP contribution in [0, 0.1) is 5.92 Å². The predicted molar refractivity (Wildman–Crippen MR) is 75.9 cm³/mol. The fourth-order valence-corrected chi connectivity index (χ4v) is 2.50. The lowest BCUT2D eigenvalue weighted by Gasteiger charge is -2.23. The molecule has 0 bridgehead atoms. The molecule has 0 aromatic heterocycles. The van der Waals surface area contributed by atoms with Crippen LogP contribution in [-0.2, 0) is 4.79 Å². The second kappa shape index (κ2) is 5.82. The van der Waals surface area contributed by atoms with Gasteiger partial charge in [-0.15, -0.1) is 0 Å². The summed E-state index contributed by atoms with van der Waals surface area (Å²) in [5.74, 6) is -2.02. The summed E-state index contributed by atoms with van der Waals surface area (Å²) in [5.41, 5.74) is 5.93. The highest BCUT2D eigenvalue weighted by molar-refractivity contribution is 5.96. The SMILES string of the molecule is CC1C(C(=O)O)CCN1C(=O)Nc1cccc(C(N)=O)c1. The molecule has 2 atom stereocenters. The normalized spacial score (nSPS) is 21.1. The van der Waals surface area contributed by atoms with Gasteiger partial charge in [0.25, 0.3) is 0 Å². The number of urea groups is 1. The molecule has 0 radical (unpaired) electrons. The summed E-state index contributed by atoms with van der Waals surface area (Å²) in [4.78, 5) is 35.8. The molecule has 1 saturated heterocycles. The number of carbonyl (C=O) groups excluding carboxylic acids is 2. The van der Waals surface area contributed by atoms with E-state index >= 15 is 0 Å². The van der Waals surface area contributed by atoms with Crippen LogP contribution in [0.3, 0.4) is 0 Å². The molecule has 7 nitrogen and oxygen atoms in total. The Morgan fingerprint density at radius 1 is 1.38 bits per heavy atom. The van der Waals surface area contributed by atoms with Crippen LogP contribution in [0.2, 0.25) is 0 Å². The maximum absolute atomic E-state index is 12.2. The van der Waals surface area contributed by atoms with E-state index < -0.39 is 17.8 Å². The van der Waals surface area contributed by atoms with Crippen molar-refractivity contribution >= 4 is 23.6 Å². The van der Waals surface area contributed by atoms with Crippen molar-refractivity contribution < 1.29 is 19.5 Å². The number of likely N-dealkylation sites (tertiary alicyclic amines) is 1. The van der Waals surface area contributed by atoms with E-state index in [1.807, 2.05) is 0 Å². The maximum atomic E-state index is 12.2. The number of carboxylic acid groups (broad SMARTS) is 1. The Hall–Kier alpha value is -2.57. The van der Waals surface area contributed by atoms with Crippen molar-refractivity contribution in [2.45, 2.75) is 19.4 Å². The monoisotopic (exact) mass is 291 g/mol. The van der Waals surface area contributed by atoms with E-state index in [9.17, 15) is 14.4 Å². The summed E-state index contributed by atoms with van der Waals surface area (Å²) in [5, 5.41) is 11.7. The topological polar surface area (TPSA) is 113 Å². The third-order valence-corrected chi connectivity index (χ3v) is 3.73. The zero-order chi connectivity index (χ0) is 15.6. The van der Waals surface area contributed by atoms with Crippen molar-refractivity contribution in [3.8, 4) is 0 Å². The largest absolute Gasteiger partial charge is 0.481 e. The van der Waals surface area contributed by atoms with E-state index in [-0.39, 0.29) is 12.1 Å². The molecule has 2 rings (SSSR count). The summed E-state index contributed by atoms with van der Waals surface area (Å²) in [6.45, 7) is 2.10. The average molecular weight is 291 g/mol. The number of primary amides is 1. The number of benzene rings is 1. The number of hydrogen-bond acceptors (Lipinski definition) is 3. The van der Waals surface area contributed by atoms with E-state index in [0.29, 0.717) is 24.2 Å². The second-order valence-corrected chi connectivity index (χ2v) is 5.04. The minimum absolute atomic E-state index is 0.297. The van der Waals surface area contributed by atoms with E-state index in [1.54, 1.807) is 25.1 Å². The zero-order valence-corrected chi connectivity index (χ0v) is 11.6. The number of aliphatic carboxylic acids is 1. The number of carbonyl (C=O) groups is 3. The van der Waals surface area contributed by atoms with Crippen molar-refractivity contribution in [2.24, 2.45) is 11.7 Å². The van der Waals surface area contributed by atoms with Crippen molar-refractivity contribution in [1.82, 2.24) is 4.90 Å². The molecule has 1 aliphatic rings. The van der Waals surface area contributed by atoms with Gasteiger partial charge in [0.1, 0.15) is 0 Å². The van der Waals surface area contributed by atoms with Crippen molar-refractivity contribution in [2.75, 3.05) is 11.9 Å². The molecule has 0 aliphatic carbocycles. The van der Waals surface area contributed by atoms with Crippen LogP contribution in [0.25, 0.3) is 0 Å². The first-order chi connectivity index (χ1) is 9.90. The van der Waals surface area contributed by atoms with Crippen LogP contribution < -0.4 is 11.1 Å². The Kier molecular flexibility index (Phi) is 4.11. The number of nitrogens with two attached hydrogens (primary N) is 1. The minimum Gasteiger partial charge on any atom is -0.481 e. The van der Waals surface area contributed by atoms with E-state index in [1.165, 1.54) is 11.0 Å². The highest BCUT2D eigenvalue weighted by Gasteiger charge is 2.38. The first kappa shape index (κ1) is 14.8. The average Bonchev–Trinajstić information content (AvgIpc) is 2.81. The van der Waals surface area contributed by atoms with Gasteiger partial charge in [-0.3, -0.25) is 9.59 Å². The number of amides is 3. The molecule has 4 N–H and O–H groups in total. The quantitative estimate of drug-likeness (QED) is 0.774. The molecular formula is C14H17N3O4. The first-order valence-electron chi connectivity index (χ1n) is 6.60. The van der Waals surface area contributed by atoms with Gasteiger partial charge in [0.2, 0.25) is 5.91 Å². The van der Waals surface area contributed by atoms with Gasteiger partial charge in [0.15, 0.2) is 0 Å². The highest BCUT2D eigenvalue weighted by Crippen LogP contribution is 2.25. The van der Waals surface area contributed by atoms with E-state index in [4.69, 9.17) is 10.8 Å². The lowest BCUT2D eigenvalue weighted by Crippen LogP contribution is -2.40. The molecule has 2 unspecified atom stereocenters. The Morgan fingerprint density at radius 3 is 2.67 bits per heavy atom. The fourth-order valence-electron chi connectivity index (χ4n) is 2.50. The van der Waals surface area contributed by atoms with Gasteiger partial charge in [0.05, 0.1) is 5.92 Å². The highest BCUT2D eigenvalue weighted by atomic mass is 16.4. The van der Waals surface area contributed by atoms with Gasteiger partial charge < -0.3 is 21.1 Å². The summed E-state index contributed by atoms with van der Waals surface area (Å²) >= 11 is 0. The lowest BCUT2D eigenvalue weighted by atomic mass is 10.0. The van der Waals surface area contributed by atoms with E-state index in [0.717, 1.165) is 0 Å². The zero-order valence-electron chi connectivity index (χ0n) is 11.6. The van der Waals surface area contributed by atoms with Crippen LogP contribution in [0.4, 0.5) is 10.5 Å². The third kappa shape index (κ3) is 3.13. The van der Waals surface area contributed by atoms with Gasteiger partial charge in [-0.2, -0.15) is 0 Å². The number of rotatable bonds is 3. The van der Waals surface area contributed by atoms with Gasteiger partial charge in [-0.1, -0.05) is 6.07 Å². The summed E-state index contributed by atoms with van der Waals surface area (Å²) in [6, 6.07) is 5.53. The Labute approximate surface area is 121 Å². The molecule has 1 aromatic carbocycles. The van der Waals surface area contributed by atoms with Crippen molar-refractivity contribution in [1.29, 1.82) is 0 Å². The molecule has 112 valence electrons. The molecule has 1 heterocycles. The smallest absolute Gasteiger partial charge is 0.322 e. The Morgan fingerprint density at radius 2 is 2.10 bits per heavy atom. The number of anilines is 1. The van der Waals surface area contributed by atoms with Crippen LogP contribution >= 0.6 is 0 Å². The molecule has 1 fully saturated rings. The summed E-state index contributed by atoms with van der Waals surface area (Å²) < 4.78 is 0. The number of carboxylic acids is 1. The van der Waals surface area contributed by atoms with E-state index in [2.05, 4.69) is 5.32 Å². The molecular weight excluding hydrogens is 274 g/mol. The van der Waals surface area contributed by atoms with Crippen LogP contribution in [0.1, 0.15) is 23.7 Å². The molecule has 21 heavy (non-hydrogen) atoms. The summed E-state index contributed by atoms with van der Waals surface area (Å²) in [7, 11) is 0. The van der Waals surface area contributed by atoms with Gasteiger partial charge >= 0.3 is 12.0 Å². The number of nitrogens with one attached hydrogen (secondary N) is 1. The molecule has 3 amide bonds. The molecule has 1 aromatic rings. The number of nitrogens with zero attached hydrogens (tertiary/aromatic N) is 1. The molecule has 0 spiro atoms. The van der Waals surface area contributed by atoms with Gasteiger partial charge in [-0.05, 0) is 31.5 Å². The maximum Gasteiger partial charge on any atom is 0.322 e. The standard InChI is InChI=1S/C14H17N3O4/c1-8-11(13(19)20)5-6-17(8)14(21)16-10-4-2-3-9(7-10)12(15)18/h2-4,7-8,11H,5-6H2,1H3,(H2,15,18)(H,16,21)(H,19,20). The Balaban J connectivity index is 2.07. The fraction of sp³-hybridized carbons (Fsp3) is 0.357. The predicted octanol–water partition coefficient (Wildman–Crippen LogP) is 1.11. The van der Waals surface area contributed by atoms with Crippen molar-refractivity contribution in [3.05, 3.63) is 29.8 Å². The number of hydrogen-bond donors (Lipinski definition) is 3. The Bertz CT molecular complexity index is 587. The van der Waals surface area contributed by atoms with Crippen LogP contribution in [0.15, 0.2) is 24.3 Å². The lowest BCUT2D eigenvalue weighted by molar-refractivity contribution is -0.142. The molecule has 0 saturated carbocycles. The van der Waals surface area contributed by atoms with Crippen LogP contribution in [0.5, 0.6) is 0 Å². The third-order valence-electron chi connectivity index (χ3n) is 3.73. The van der Waals surface area contributed by atoms with Crippen LogP contribution in [-0.4, -0.2) is 40.5 Å². The first-order valence-corrected chi connectivity index (χ1v) is 6.60. The summed E-state index contributed by atoms with van der Waals surface area (Å²) in [6.07, 6.45) is 0.436. The minimum atomic E-state index is -0.895. The van der Waals surface area contributed by atoms with Crippen molar-refractivity contribution in [3.63, 3.8) is 0 Å². The molecule has 7 heteroatoms. The van der Waals surface area contributed by atoms with Gasteiger partial charge in [-0.25, -0.2) is 4.79 Å². The van der Waals surface area contributed by atoms with Gasteiger partial charge in [0, 0.05) is 23.8 Å². The second-order valence-electron chi connectivity index (χ2n) is 5.04.